The summed E-state index contributed by atoms with van der Waals surface area (Å²) < 4.78 is 2.44. The predicted octanol–water partition coefficient (Wildman–Crippen LogP) is 3.99. The molecule has 2 heterocycles. The van der Waals surface area contributed by atoms with Gasteiger partial charge >= 0.3 is 0 Å². The molecule has 6 heteroatoms. The monoisotopic (exact) mass is 366 g/mol. The number of carbonyl (C=O) groups is 1. The number of amides is 1. The topological polar surface area (TPSA) is 61.0 Å². The van der Waals surface area contributed by atoms with E-state index in [-0.39, 0.29) is 5.91 Å². The number of piperidine rings is 1. The van der Waals surface area contributed by atoms with Crippen molar-refractivity contribution >= 4 is 28.9 Å². The summed E-state index contributed by atoms with van der Waals surface area (Å²) in [6.07, 6.45) is 5.57. The fourth-order valence-electron chi connectivity index (χ4n) is 3.13. The molecule has 1 amide bonds. The first-order chi connectivity index (χ1) is 12.8. The molecule has 1 aromatic heterocycles. The number of nitrogens with one attached hydrogen (secondary N) is 2. The van der Waals surface area contributed by atoms with Gasteiger partial charge in [0, 0.05) is 30.1 Å². The number of imidazole rings is 1. The summed E-state index contributed by atoms with van der Waals surface area (Å²) in [6, 6.07) is 13.9. The molecule has 0 aliphatic carbocycles. The number of carbonyl (C=O) groups excluding carboxylic acids is 1. The van der Waals surface area contributed by atoms with Crippen LogP contribution >= 0.6 is 11.9 Å². The van der Waals surface area contributed by atoms with E-state index in [2.05, 4.69) is 43.9 Å². The third-order valence-corrected chi connectivity index (χ3v) is 5.71. The van der Waals surface area contributed by atoms with E-state index in [0.29, 0.717) is 12.1 Å². The van der Waals surface area contributed by atoms with Crippen LogP contribution in [0, 0.1) is 0 Å². The van der Waals surface area contributed by atoms with E-state index < -0.39 is 0 Å². The van der Waals surface area contributed by atoms with E-state index >= 15 is 0 Å². The SMILES string of the molecule is O=C(NCc1ccc(SN2CCCCC2)cc1)c1ccc2nc[nH]c2c1. The average Bonchev–Trinajstić information content (AvgIpc) is 3.16. The van der Waals surface area contributed by atoms with Gasteiger partial charge in [-0.15, -0.1) is 0 Å². The van der Waals surface area contributed by atoms with Gasteiger partial charge in [0.1, 0.15) is 0 Å². The van der Waals surface area contributed by atoms with Gasteiger partial charge in [0.15, 0.2) is 0 Å². The number of aromatic amines is 1. The average molecular weight is 366 g/mol. The van der Waals surface area contributed by atoms with Gasteiger partial charge in [0.05, 0.1) is 17.4 Å². The fraction of sp³-hybridized carbons (Fsp3) is 0.300. The van der Waals surface area contributed by atoms with Crippen LogP contribution in [0.3, 0.4) is 0 Å². The first kappa shape index (κ1) is 17.1. The molecule has 1 fully saturated rings. The Morgan fingerprint density at radius 2 is 1.92 bits per heavy atom. The van der Waals surface area contributed by atoms with Gasteiger partial charge in [-0.05, 0) is 60.7 Å². The van der Waals surface area contributed by atoms with Crippen molar-refractivity contribution in [2.75, 3.05) is 13.1 Å². The zero-order chi connectivity index (χ0) is 17.8. The van der Waals surface area contributed by atoms with Crippen molar-refractivity contribution in [2.24, 2.45) is 0 Å². The van der Waals surface area contributed by atoms with Crippen LogP contribution in [0.2, 0.25) is 0 Å². The van der Waals surface area contributed by atoms with Crippen LogP contribution in [-0.2, 0) is 6.54 Å². The third-order valence-electron chi connectivity index (χ3n) is 4.61. The molecule has 2 N–H and O–H groups in total. The van der Waals surface area contributed by atoms with Gasteiger partial charge in [-0.25, -0.2) is 9.29 Å². The highest BCUT2D eigenvalue weighted by Gasteiger charge is 2.11. The van der Waals surface area contributed by atoms with Crippen LogP contribution in [0.25, 0.3) is 11.0 Å². The van der Waals surface area contributed by atoms with Crippen LogP contribution in [0.5, 0.6) is 0 Å². The Morgan fingerprint density at radius 3 is 2.73 bits per heavy atom. The summed E-state index contributed by atoms with van der Waals surface area (Å²) in [5.41, 5.74) is 3.48. The van der Waals surface area contributed by atoms with E-state index in [1.165, 1.54) is 37.2 Å². The smallest absolute Gasteiger partial charge is 0.251 e. The summed E-state index contributed by atoms with van der Waals surface area (Å²) in [7, 11) is 0. The number of fused-ring (bicyclic) bond motifs is 1. The van der Waals surface area contributed by atoms with Crippen molar-refractivity contribution in [2.45, 2.75) is 30.7 Å². The molecule has 0 atom stereocenters. The van der Waals surface area contributed by atoms with Crippen molar-refractivity contribution in [3.05, 3.63) is 59.9 Å². The lowest BCUT2D eigenvalue weighted by Crippen LogP contribution is -2.23. The molecule has 4 rings (SSSR count). The van der Waals surface area contributed by atoms with Crippen LogP contribution in [0.1, 0.15) is 35.2 Å². The normalized spacial score (nSPS) is 15.2. The first-order valence-electron chi connectivity index (χ1n) is 9.01. The standard InChI is InChI=1S/C20H22N4OS/c25-20(16-6-9-18-19(12-16)23-14-22-18)21-13-15-4-7-17(8-5-15)26-24-10-2-1-3-11-24/h4-9,12,14H,1-3,10-11,13H2,(H,21,25)(H,22,23). The second-order valence-electron chi connectivity index (χ2n) is 6.54. The maximum Gasteiger partial charge on any atom is 0.251 e. The third kappa shape index (κ3) is 4.08. The molecule has 0 unspecified atom stereocenters. The summed E-state index contributed by atoms with van der Waals surface area (Å²) in [5, 5.41) is 2.98. The largest absolute Gasteiger partial charge is 0.348 e. The van der Waals surface area contributed by atoms with Crippen molar-refractivity contribution in [3.8, 4) is 0 Å². The Bertz CT molecular complexity index is 884. The van der Waals surface area contributed by atoms with E-state index in [1.807, 2.05) is 24.1 Å². The molecule has 0 spiro atoms. The number of hydrogen-bond donors (Lipinski definition) is 2. The number of nitrogens with zero attached hydrogens (tertiary/aromatic N) is 2. The van der Waals surface area contributed by atoms with Crippen molar-refractivity contribution in [1.82, 2.24) is 19.6 Å². The minimum absolute atomic E-state index is 0.0757. The van der Waals surface area contributed by atoms with Gasteiger partial charge in [0.25, 0.3) is 5.91 Å². The number of H-pyrrole nitrogens is 1. The molecule has 26 heavy (non-hydrogen) atoms. The molecule has 1 saturated heterocycles. The Kier molecular flexibility index (Phi) is 5.22. The lowest BCUT2D eigenvalue weighted by atomic mass is 10.1. The predicted molar refractivity (Wildman–Crippen MR) is 105 cm³/mol. The van der Waals surface area contributed by atoms with Gasteiger partial charge in [-0.1, -0.05) is 18.6 Å². The summed E-state index contributed by atoms with van der Waals surface area (Å²) in [4.78, 5) is 20.8. The van der Waals surface area contributed by atoms with Crippen LogP contribution in [0.15, 0.2) is 53.7 Å². The maximum absolute atomic E-state index is 12.4. The number of benzene rings is 2. The molecule has 1 aliphatic heterocycles. The Hall–Kier alpha value is -2.31. The minimum atomic E-state index is -0.0757. The summed E-state index contributed by atoms with van der Waals surface area (Å²) in [6.45, 7) is 2.86. The molecule has 2 aromatic carbocycles. The van der Waals surface area contributed by atoms with Crippen molar-refractivity contribution < 1.29 is 4.79 Å². The number of rotatable bonds is 5. The second kappa shape index (κ2) is 7.93. The zero-order valence-electron chi connectivity index (χ0n) is 14.6. The van der Waals surface area contributed by atoms with E-state index in [0.717, 1.165) is 16.6 Å². The molecular formula is C20H22N4OS. The lowest BCUT2D eigenvalue weighted by molar-refractivity contribution is 0.0951. The van der Waals surface area contributed by atoms with E-state index in [9.17, 15) is 4.79 Å². The highest BCUT2D eigenvalue weighted by molar-refractivity contribution is 7.97. The van der Waals surface area contributed by atoms with Crippen LogP contribution < -0.4 is 5.32 Å². The molecule has 134 valence electrons. The minimum Gasteiger partial charge on any atom is -0.348 e. The molecule has 0 bridgehead atoms. The molecule has 5 nitrogen and oxygen atoms in total. The molecule has 0 saturated carbocycles. The summed E-state index contributed by atoms with van der Waals surface area (Å²) in [5.74, 6) is -0.0757. The number of hydrogen-bond acceptors (Lipinski definition) is 4. The maximum atomic E-state index is 12.4. The van der Waals surface area contributed by atoms with Crippen molar-refractivity contribution in [1.29, 1.82) is 0 Å². The van der Waals surface area contributed by atoms with E-state index in [4.69, 9.17) is 0 Å². The highest BCUT2D eigenvalue weighted by Crippen LogP contribution is 2.26. The second-order valence-corrected chi connectivity index (χ2v) is 7.71. The van der Waals surface area contributed by atoms with E-state index in [1.54, 1.807) is 12.4 Å². The lowest BCUT2D eigenvalue weighted by Gasteiger charge is -2.25. The fourth-order valence-corrected chi connectivity index (χ4v) is 4.13. The Balaban J connectivity index is 1.32. The van der Waals surface area contributed by atoms with Crippen LogP contribution in [-0.4, -0.2) is 33.3 Å². The van der Waals surface area contributed by atoms with Gasteiger partial charge in [-0.2, -0.15) is 0 Å². The van der Waals surface area contributed by atoms with Gasteiger partial charge < -0.3 is 10.3 Å². The Labute approximate surface area is 157 Å². The number of aromatic nitrogens is 2. The van der Waals surface area contributed by atoms with Crippen LogP contribution in [0.4, 0.5) is 0 Å². The molecule has 0 radical (unpaired) electrons. The van der Waals surface area contributed by atoms with Gasteiger partial charge in [-0.3, -0.25) is 4.79 Å². The molecular weight excluding hydrogens is 344 g/mol. The zero-order valence-corrected chi connectivity index (χ0v) is 15.4. The quantitative estimate of drug-likeness (QED) is 0.671. The first-order valence-corrected chi connectivity index (χ1v) is 9.78. The Morgan fingerprint density at radius 1 is 1.12 bits per heavy atom. The molecule has 1 aliphatic rings. The summed E-state index contributed by atoms with van der Waals surface area (Å²) >= 11 is 1.83. The van der Waals surface area contributed by atoms with Gasteiger partial charge in [0.2, 0.25) is 0 Å². The molecule has 3 aromatic rings. The highest BCUT2D eigenvalue weighted by atomic mass is 32.2. The van der Waals surface area contributed by atoms with Crippen molar-refractivity contribution in [3.63, 3.8) is 0 Å².